The summed E-state index contributed by atoms with van der Waals surface area (Å²) in [5.74, 6) is 0.811. The first-order valence-corrected chi connectivity index (χ1v) is 6.48. The lowest BCUT2D eigenvalue weighted by Gasteiger charge is -2.10. The third-order valence-electron chi connectivity index (χ3n) is 2.92. The fourth-order valence-corrected chi connectivity index (χ4v) is 1.80. The predicted octanol–water partition coefficient (Wildman–Crippen LogP) is 2.24. The topological polar surface area (TPSA) is 55.4 Å². The van der Waals surface area contributed by atoms with Crippen LogP contribution in [-0.4, -0.2) is 18.8 Å². The van der Waals surface area contributed by atoms with Crippen LogP contribution in [0.3, 0.4) is 0 Å². The number of rotatable bonds is 7. The van der Waals surface area contributed by atoms with Gasteiger partial charge in [0.2, 0.25) is 5.91 Å². The number of carbonyl (C=O) groups is 2. The highest BCUT2D eigenvalue weighted by Crippen LogP contribution is 2.20. The second-order valence-corrected chi connectivity index (χ2v) is 4.48. The quantitative estimate of drug-likeness (QED) is 0.821. The van der Waals surface area contributed by atoms with E-state index in [1.165, 1.54) is 6.92 Å². The maximum absolute atomic E-state index is 11.5. The van der Waals surface area contributed by atoms with E-state index < -0.39 is 0 Å². The Bertz CT molecular complexity index is 455. The molecular weight excluding hydrogens is 242 g/mol. The van der Waals surface area contributed by atoms with Crippen LogP contribution in [0.4, 0.5) is 0 Å². The van der Waals surface area contributed by atoms with Crippen molar-refractivity contribution in [1.29, 1.82) is 0 Å². The molecule has 0 spiro atoms. The summed E-state index contributed by atoms with van der Waals surface area (Å²) >= 11 is 0. The van der Waals surface area contributed by atoms with Gasteiger partial charge < -0.3 is 14.8 Å². The molecule has 0 aliphatic carbocycles. The van der Waals surface area contributed by atoms with Crippen molar-refractivity contribution in [3.63, 3.8) is 0 Å². The molecule has 4 heteroatoms. The maximum Gasteiger partial charge on any atom is 0.220 e. The van der Waals surface area contributed by atoms with Gasteiger partial charge in [0.1, 0.15) is 11.5 Å². The van der Waals surface area contributed by atoms with E-state index in [4.69, 9.17) is 4.74 Å². The zero-order valence-electron chi connectivity index (χ0n) is 11.8. The Hall–Kier alpha value is -1.84. The Labute approximate surface area is 114 Å². The summed E-state index contributed by atoms with van der Waals surface area (Å²) in [6, 6.07) is 5.88. The molecule has 1 amide bonds. The second-order valence-electron chi connectivity index (χ2n) is 4.48. The normalized spacial score (nSPS) is 10.1. The molecule has 0 unspecified atom stereocenters. The highest BCUT2D eigenvalue weighted by molar-refractivity contribution is 5.83. The number of methoxy groups -OCH3 is 1. The number of amides is 1. The monoisotopic (exact) mass is 263 g/mol. The first-order valence-electron chi connectivity index (χ1n) is 6.48. The van der Waals surface area contributed by atoms with Crippen molar-refractivity contribution in [3.05, 3.63) is 29.3 Å². The zero-order chi connectivity index (χ0) is 14.3. The molecule has 0 aliphatic heterocycles. The lowest BCUT2D eigenvalue weighted by molar-refractivity contribution is -0.124. The third kappa shape index (κ3) is 5.12. The Morgan fingerprint density at radius 3 is 2.58 bits per heavy atom. The molecule has 0 bridgehead atoms. The molecule has 0 heterocycles. The van der Waals surface area contributed by atoms with E-state index in [-0.39, 0.29) is 18.1 Å². The van der Waals surface area contributed by atoms with Crippen molar-refractivity contribution in [1.82, 2.24) is 5.32 Å². The van der Waals surface area contributed by atoms with Gasteiger partial charge in [-0.3, -0.25) is 4.79 Å². The van der Waals surface area contributed by atoms with Gasteiger partial charge in [-0.25, -0.2) is 0 Å². The van der Waals surface area contributed by atoms with E-state index in [2.05, 4.69) is 12.2 Å². The second kappa shape index (κ2) is 7.56. The minimum absolute atomic E-state index is 0.0351. The van der Waals surface area contributed by atoms with Crippen LogP contribution in [0.15, 0.2) is 18.2 Å². The van der Waals surface area contributed by atoms with Crippen LogP contribution in [-0.2, 0) is 22.6 Å². The summed E-state index contributed by atoms with van der Waals surface area (Å²) in [5, 5.41) is 2.81. The first-order chi connectivity index (χ1) is 9.06. The van der Waals surface area contributed by atoms with E-state index in [1.807, 2.05) is 18.2 Å². The van der Waals surface area contributed by atoms with Crippen molar-refractivity contribution in [2.45, 2.75) is 39.7 Å². The lowest BCUT2D eigenvalue weighted by Crippen LogP contribution is -2.23. The molecule has 19 heavy (non-hydrogen) atoms. The number of Topliss-reactive ketones (excluding diaryl/α,β-unsaturated/α-hetero) is 1. The lowest BCUT2D eigenvalue weighted by atomic mass is 10.1. The molecule has 0 aliphatic rings. The smallest absolute Gasteiger partial charge is 0.220 e. The number of aryl methyl sites for hydroxylation is 1. The van der Waals surface area contributed by atoms with Gasteiger partial charge in [-0.15, -0.1) is 0 Å². The minimum Gasteiger partial charge on any atom is -0.496 e. The summed E-state index contributed by atoms with van der Waals surface area (Å²) in [5.41, 5.74) is 2.16. The average molecular weight is 263 g/mol. The average Bonchev–Trinajstić information content (AvgIpc) is 2.42. The van der Waals surface area contributed by atoms with E-state index in [9.17, 15) is 9.59 Å². The Balaban J connectivity index is 2.53. The number of hydrogen-bond acceptors (Lipinski definition) is 3. The molecule has 0 saturated carbocycles. The summed E-state index contributed by atoms with van der Waals surface area (Å²) < 4.78 is 5.26. The highest BCUT2D eigenvalue weighted by atomic mass is 16.5. The van der Waals surface area contributed by atoms with E-state index in [1.54, 1.807) is 7.11 Å². The van der Waals surface area contributed by atoms with Gasteiger partial charge in [0.05, 0.1) is 7.11 Å². The minimum atomic E-state index is -0.0935. The van der Waals surface area contributed by atoms with Crippen LogP contribution in [0, 0.1) is 0 Å². The van der Waals surface area contributed by atoms with E-state index in [0.717, 1.165) is 23.3 Å². The molecule has 104 valence electrons. The maximum atomic E-state index is 11.5. The van der Waals surface area contributed by atoms with Gasteiger partial charge in [-0.2, -0.15) is 0 Å². The Morgan fingerprint density at radius 1 is 1.26 bits per heavy atom. The number of hydrogen-bond donors (Lipinski definition) is 1. The molecular formula is C15H21NO3. The van der Waals surface area contributed by atoms with Crippen molar-refractivity contribution in [3.8, 4) is 5.75 Å². The van der Waals surface area contributed by atoms with Crippen LogP contribution in [0.1, 0.15) is 37.8 Å². The van der Waals surface area contributed by atoms with Crippen molar-refractivity contribution in [2.24, 2.45) is 0 Å². The molecule has 0 radical (unpaired) electrons. The standard InChI is InChI=1S/C15H21NO3/c1-4-13-9-12(6-7-14(13)19-3)10-16-15(18)8-5-11(2)17/h6-7,9H,4-5,8,10H2,1-3H3,(H,16,18). The summed E-state index contributed by atoms with van der Waals surface area (Å²) in [6.07, 6.45) is 1.44. The van der Waals surface area contributed by atoms with Crippen molar-refractivity contribution < 1.29 is 14.3 Å². The first kappa shape index (κ1) is 15.2. The SMILES string of the molecule is CCc1cc(CNC(=O)CCC(C)=O)ccc1OC. The number of carbonyl (C=O) groups excluding carboxylic acids is 2. The zero-order valence-corrected chi connectivity index (χ0v) is 11.8. The molecule has 0 atom stereocenters. The molecule has 4 nitrogen and oxygen atoms in total. The fourth-order valence-electron chi connectivity index (χ4n) is 1.80. The van der Waals surface area contributed by atoms with Gasteiger partial charge in [-0.1, -0.05) is 19.1 Å². The number of nitrogens with one attached hydrogen (secondary N) is 1. The third-order valence-corrected chi connectivity index (χ3v) is 2.92. The Kier molecular flexibility index (Phi) is 6.06. The summed E-state index contributed by atoms with van der Waals surface area (Å²) in [4.78, 5) is 22.3. The molecule has 0 fully saturated rings. The van der Waals surface area contributed by atoms with Gasteiger partial charge in [0.15, 0.2) is 0 Å². The van der Waals surface area contributed by atoms with Crippen LogP contribution < -0.4 is 10.1 Å². The van der Waals surface area contributed by atoms with Gasteiger partial charge in [0.25, 0.3) is 0 Å². The van der Waals surface area contributed by atoms with Crippen LogP contribution >= 0.6 is 0 Å². The van der Waals surface area contributed by atoms with E-state index in [0.29, 0.717) is 13.0 Å². The fraction of sp³-hybridized carbons (Fsp3) is 0.467. The molecule has 1 aromatic rings. The number of ketones is 1. The molecule has 1 aromatic carbocycles. The van der Waals surface area contributed by atoms with Crippen LogP contribution in [0.2, 0.25) is 0 Å². The highest BCUT2D eigenvalue weighted by Gasteiger charge is 2.05. The number of ether oxygens (including phenoxy) is 1. The van der Waals surface area contributed by atoms with E-state index >= 15 is 0 Å². The molecule has 0 aromatic heterocycles. The van der Waals surface area contributed by atoms with Crippen molar-refractivity contribution in [2.75, 3.05) is 7.11 Å². The Morgan fingerprint density at radius 2 is 2.00 bits per heavy atom. The molecule has 1 rings (SSSR count). The van der Waals surface area contributed by atoms with Crippen LogP contribution in [0.5, 0.6) is 5.75 Å². The number of benzene rings is 1. The summed E-state index contributed by atoms with van der Waals surface area (Å²) in [6.45, 7) is 4.03. The van der Waals surface area contributed by atoms with Crippen LogP contribution in [0.25, 0.3) is 0 Å². The largest absolute Gasteiger partial charge is 0.496 e. The van der Waals surface area contributed by atoms with Gasteiger partial charge in [0, 0.05) is 19.4 Å². The molecule has 1 N–H and O–H groups in total. The predicted molar refractivity (Wildman–Crippen MR) is 74.1 cm³/mol. The van der Waals surface area contributed by atoms with Crippen molar-refractivity contribution >= 4 is 11.7 Å². The molecule has 0 saturated heterocycles. The van der Waals surface area contributed by atoms with Gasteiger partial charge in [-0.05, 0) is 30.5 Å². The summed E-state index contributed by atoms with van der Waals surface area (Å²) in [7, 11) is 1.65. The van der Waals surface area contributed by atoms with Gasteiger partial charge >= 0.3 is 0 Å².